The zero-order chi connectivity index (χ0) is 15.8. The van der Waals surface area contributed by atoms with Gasteiger partial charge in [-0.15, -0.1) is 12.1 Å². The quantitative estimate of drug-likeness (QED) is 0.446. The summed E-state index contributed by atoms with van der Waals surface area (Å²) in [4.78, 5) is 10.2. The van der Waals surface area contributed by atoms with Crippen LogP contribution in [-0.2, 0) is 32.7 Å². The van der Waals surface area contributed by atoms with Crippen LogP contribution < -0.4 is 9.47 Å². The zero-order valence-electron chi connectivity index (χ0n) is 13.1. The van der Waals surface area contributed by atoms with Crippen LogP contribution in [0.4, 0.5) is 5.69 Å². The van der Waals surface area contributed by atoms with Gasteiger partial charge in [0, 0.05) is 44.5 Å². The Bertz CT molecular complexity index is 617. The molecule has 0 saturated carbocycles. The minimum Gasteiger partial charge on any atom is -0.514 e. The number of rotatable bonds is 4. The van der Waals surface area contributed by atoms with Crippen molar-refractivity contribution in [2.45, 2.75) is 20.8 Å². The predicted molar refractivity (Wildman–Crippen MR) is 81.1 cm³/mol. The van der Waals surface area contributed by atoms with Crippen molar-refractivity contribution in [1.29, 1.82) is 0 Å². The molecular weight excluding hydrogens is 359 g/mol. The van der Waals surface area contributed by atoms with Crippen LogP contribution in [0.15, 0.2) is 36.4 Å². The van der Waals surface area contributed by atoms with Crippen molar-refractivity contribution in [3.05, 3.63) is 58.1 Å². The minimum absolute atomic E-state index is 0. The fourth-order valence-electron chi connectivity index (χ4n) is 1.60. The maximum atomic E-state index is 10.7. The Balaban J connectivity index is 0.00000141. The van der Waals surface area contributed by atoms with Gasteiger partial charge in [-0.2, -0.15) is 17.7 Å². The third kappa shape index (κ3) is 5.74. The number of ether oxygens (including phenoxy) is 2. The van der Waals surface area contributed by atoms with Gasteiger partial charge in [-0.3, -0.25) is 10.1 Å². The third-order valence-corrected chi connectivity index (χ3v) is 2.49. The van der Waals surface area contributed by atoms with Gasteiger partial charge < -0.3 is 9.47 Å². The van der Waals surface area contributed by atoms with Crippen molar-refractivity contribution in [1.82, 2.24) is 0 Å². The maximum Gasteiger partial charge on any atom is 0.273 e. The average Bonchev–Trinajstić information content (AvgIpc) is 2.49. The van der Waals surface area contributed by atoms with Crippen molar-refractivity contribution >= 4 is 5.69 Å². The van der Waals surface area contributed by atoms with E-state index in [1.165, 1.54) is 25.3 Å². The summed E-state index contributed by atoms with van der Waals surface area (Å²) >= 11 is 0. The Labute approximate surface area is 155 Å². The molecule has 0 aliphatic rings. The van der Waals surface area contributed by atoms with Gasteiger partial charge in [0.25, 0.3) is 5.69 Å². The van der Waals surface area contributed by atoms with Crippen LogP contribution in [0.2, 0.25) is 0 Å². The van der Waals surface area contributed by atoms with Gasteiger partial charge in [0.1, 0.15) is 0 Å². The van der Waals surface area contributed by atoms with Crippen LogP contribution in [0.5, 0.6) is 17.2 Å². The Morgan fingerprint density at radius 3 is 2.36 bits per heavy atom. The first-order valence-electron chi connectivity index (χ1n) is 6.58. The largest absolute Gasteiger partial charge is 0.514 e. The Morgan fingerprint density at radius 2 is 1.82 bits per heavy atom. The van der Waals surface area contributed by atoms with E-state index in [4.69, 9.17) is 9.47 Å². The molecule has 0 aliphatic carbocycles. The average molecular weight is 377 g/mol. The summed E-state index contributed by atoms with van der Waals surface area (Å²) in [6, 6.07) is 12.5. The number of nitro benzene ring substituents is 1. The normalized spacial score (nSPS) is 8.91. The van der Waals surface area contributed by atoms with Gasteiger partial charge in [-0.05, 0) is 6.07 Å². The molecule has 0 aliphatic heterocycles. The molecule has 6 heteroatoms. The second-order valence-corrected chi connectivity index (χ2v) is 3.94. The molecule has 0 unspecified atom stereocenters. The van der Waals surface area contributed by atoms with E-state index >= 15 is 0 Å². The summed E-state index contributed by atoms with van der Waals surface area (Å²) in [5.41, 5.74) is 0.971. The third-order valence-electron chi connectivity index (χ3n) is 2.49. The van der Waals surface area contributed by atoms with Gasteiger partial charge in [0.15, 0.2) is 11.5 Å². The van der Waals surface area contributed by atoms with Gasteiger partial charge >= 0.3 is 0 Å². The van der Waals surface area contributed by atoms with Crippen molar-refractivity contribution in [3.63, 3.8) is 0 Å². The van der Waals surface area contributed by atoms with Crippen molar-refractivity contribution in [2.75, 3.05) is 7.11 Å². The molecule has 22 heavy (non-hydrogen) atoms. The molecular formula is C16H18NO4Y-. The summed E-state index contributed by atoms with van der Waals surface area (Å²) in [6.45, 7) is 5.93. The minimum atomic E-state index is -0.479. The molecule has 0 amide bonds. The van der Waals surface area contributed by atoms with E-state index in [9.17, 15) is 10.1 Å². The molecule has 115 valence electrons. The molecule has 0 heterocycles. The van der Waals surface area contributed by atoms with E-state index in [0.717, 1.165) is 5.56 Å². The van der Waals surface area contributed by atoms with Crippen molar-refractivity contribution in [3.8, 4) is 17.2 Å². The Hall–Kier alpha value is -1.46. The van der Waals surface area contributed by atoms with Crippen LogP contribution in [-0.4, -0.2) is 12.0 Å². The second-order valence-electron chi connectivity index (χ2n) is 3.94. The van der Waals surface area contributed by atoms with Crippen LogP contribution in [0.3, 0.4) is 0 Å². The standard InChI is InChI=1S/C14H12NO4.C2H6.Y/c1-10-4-3-5-12(8-10)19-13-7-6-11(15(16)17)9-14(13)18-2;1-2;/h4-9H,1-2H3;1-2H3;/q-1;;. The second kappa shape index (κ2) is 10.3. The van der Waals surface area contributed by atoms with E-state index in [0.29, 0.717) is 17.2 Å². The number of hydrogen-bond acceptors (Lipinski definition) is 4. The Kier molecular flexibility index (Phi) is 9.62. The predicted octanol–water partition coefficient (Wildman–Crippen LogP) is 4.53. The summed E-state index contributed by atoms with van der Waals surface area (Å²) in [5, 5.41) is 10.7. The molecule has 0 N–H and O–H groups in total. The molecule has 0 fully saturated rings. The molecule has 2 rings (SSSR count). The monoisotopic (exact) mass is 377 g/mol. The van der Waals surface area contributed by atoms with Crippen molar-refractivity contribution in [2.24, 2.45) is 0 Å². The number of nitro groups is 1. The van der Waals surface area contributed by atoms with Crippen LogP contribution in [0, 0.1) is 23.1 Å². The van der Waals surface area contributed by atoms with E-state index < -0.39 is 4.92 Å². The number of aryl methyl sites for hydroxylation is 1. The van der Waals surface area contributed by atoms with E-state index in [2.05, 4.69) is 6.07 Å². The zero-order valence-corrected chi connectivity index (χ0v) is 16.0. The molecule has 0 saturated heterocycles. The maximum absolute atomic E-state index is 10.7. The van der Waals surface area contributed by atoms with E-state index in [-0.39, 0.29) is 38.4 Å². The first-order valence-corrected chi connectivity index (χ1v) is 6.58. The van der Waals surface area contributed by atoms with Gasteiger partial charge in [0.05, 0.1) is 18.1 Å². The number of non-ortho nitro benzene ring substituents is 1. The molecule has 2 aromatic rings. The molecule has 0 atom stereocenters. The van der Waals surface area contributed by atoms with Crippen LogP contribution in [0.25, 0.3) is 0 Å². The molecule has 0 spiro atoms. The van der Waals surface area contributed by atoms with Gasteiger partial charge in [-0.1, -0.05) is 20.8 Å². The van der Waals surface area contributed by atoms with E-state index in [1.54, 1.807) is 6.07 Å². The summed E-state index contributed by atoms with van der Waals surface area (Å²) in [5.74, 6) is 1.34. The summed E-state index contributed by atoms with van der Waals surface area (Å²) < 4.78 is 10.7. The fraction of sp³-hybridized carbons (Fsp3) is 0.250. The molecule has 5 nitrogen and oxygen atoms in total. The number of methoxy groups -OCH3 is 1. The fourth-order valence-corrected chi connectivity index (χ4v) is 1.60. The molecule has 0 aromatic heterocycles. The Morgan fingerprint density at radius 1 is 1.14 bits per heavy atom. The SMILES string of the molecule is CC.COc1cc([N+](=O)[O-])ccc1Oc1c[c-]cc(C)c1.[Y]. The molecule has 2 aromatic carbocycles. The summed E-state index contributed by atoms with van der Waals surface area (Å²) in [6.07, 6.45) is 0. The number of nitrogens with zero attached hydrogens (tertiary/aromatic N) is 1. The number of hydrogen-bond donors (Lipinski definition) is 0. The number of benzene rings is 2. The van der Waals surface area contributed by atoms with Crippen LogP contribution in [0.1, 0.15) is 19.4 Å². The van der Waals surface area contributed by atoms with Crippen LogP contribution >= 0.6 is 0 Å². The first-order chi connectivity index (χ1) is 10.1. The topological polar surface area (TPSA) is 61.6 Å². The van der Waals surface area contributed by atoms with Gasteiger partial charge in [0.2, 0.25) is 0 Å². The smallest absolute Gasteiger partial charge is 0.273 e. The summed E-state index contributed by atoms with van der Waals surface area (Å²) in [7, 11) is 1.44. The molecule has 1 radical (unpaired) electrons. The van der Waals surface area contributed by atoms with Gasteiger partial charge in [-0.25, -0.2) is 0 Å². The molecule has 0 bridgehead atoms. The van der Waals surface area contributed by atoms with E-state index in [1.807, 2.05) is 32.9 Å². The first kappa shape index (κ1) is 20.5. The van der Waals surface area contributed by atoms with Crippen molar-refractivity contribution < 1.29 is 47.1 Å².